The minimum Gasteiger partial charge on any atom is -0.358 e. The number of aryl methyl sites for hydroxylation is 1. The average Bonchev–Trinajstić information content (AvgIpc) is 2.83. The van der Waals surface area contributed by atoms with E-state index in [1.54, 1.807) is 30.3 Å². The van der Waals surface area contributed by atoms with E-state index < -0.39 is 0 Å². The van der Waals surface area contributed by atoms with Gasteiger partial charge in [-0.3, -0.25) is 4.79 Å². The van der Waals surface area contributed by atoms with Crippen molar-refractivity contribution in [2.24, 2.45) is 0 Å². The third-order valence-electron chi connectivity index (χ3n) is 3.86. The van der Waals surface area contributed by atoms with Crippen LogP contribution in [0.5, 0.6) is 0 Å². The van der Waals surface area contributed by atoms with Gasteiger partial charge in [-0.15, -0.1) is 0 Å². The van der Waals surface area contributed by atoms with Crippen LogP contribution in [0.25, 0.3) is 10.9 Å². The molecular weight excluding hydrogens is 315 g/mol. The van der Waals surface area contributed by atoms with Gasteiger partial charge in [-0.2, -0.15) is 0 Å². The predicted octanol–water partition coefficient (Wildman–Crippen LogP) is 4.24. The summed E-state index contributed by atoms with van der Waals surface area (Å²) in [6.07, 6.45) is 0.617. The SMILES string of the molecule is Cc1[nH]c2ccc(F)cc2c1CCNC(=O)c1ccccc1Cl. The van der Waals surface area contributed by atoms with Gasteiger partial charge >= 0.3 is 0 Å². The number of carbonyl (C=O) groups is 1. The monoisotopic (exact) mass is 330 g/mol. The molecule has 0 aliphatic carbocycles. The maximum atomic E-state index is 13.4. The second-order valence-corrected chi connectivity index (χ2v) is 5.81. The van der Waals surface area contributed by atoms with Crippen molar-refractivity contribution in [1.82, 2.24) is 10.3 Å². The zero-order valence-electron chi connectivity index (χ0n) is 12.6. The molecule has 0 saturated carbocycles. The zero-order valence-corrected chi connectivity index (χ0v) is 13.4. The molecule has 0 spiro atoms. The number of hydrogen-bond donors (Lipinski definition) is 2. The maximum Gasteiger partial charge on any atom is 0.252 e. The number of hydrogen-bond acceptors (Lipinski definition) is 1. The molecule has 0 saturated heterocycles. The van der Waals surface area contributed by atoms with E-state index in [4.69, 9.17) is 11.6 Å². The minimum atomic E-state index is -0.266. The molecule has 23 heavy (non-hydrogen) atoms. The van der Waals surface area contributed by atoms with Crippen LogP contribution in [-0.4, -0.2) is 17.4 Å². The van der Waals surface area contributed by atoms with Gasteiger partial charge in [0.25, 0.3) is 5.91 Å². The Kier molecular flexibility index (Phi) is 4.35. The highest BCUT2D eigenvalue weighted by Gasteiger charge is 2.12. The van der Waals surface area contributed by atoms with E-state index >= 15 is 0 Å². The highest BCUT2D eigenvalue weighted by Crippen LogP contribution is 2.23. The first-order valence-electron chi connectivity index (χ1n) is 7.35. The van der Waals surface area contributed by atoms with Crippen LogP contribution in [0.4, 0.5) is 4.39 Å². The van der Waals surface area contributed by atoms with E-state index in [-0.39, 0.29) is 11.7 Å². The van der Waals surface area contributed by atoms with Crippen molar-refractivity contribution in [2.45, 2.75) is 13.3 Å². The smallest absolute Gasteiger partial charge is 0.252 e. The second kappa shape index (κ2) is 6.42. The summed E-state index contributed by atoms with van der Waals surface area (Å²) in [5.74, 6) is -0.475. The summed E-state index contributed by atoms with van der Waals surface area (Å²) < 4.78 is 13.4. The molecule has 0 atom stereocenters. The molecule has 1 aromatic heterocycles. The standard InChI is InChI=1S/C18H16ClFN2O/c1-11-13(15-10-12(20)6-7-17(15)22-11)8-9-21-18(23)14-4-2-3-5-16(14)19/h2-7,10,22H,8-9H2,1H3,(H,21,23). The van der Waals surface area contributed by atoms with Gasteiger partial charge in [-0.1, -0.05) is 23.7 Å². The first kappa shape index (κ1) is 15.6. The minimum absolute atomic E-state index is 0.209. The second-order valence-electron chi connectivity index (χ2n) is 5.40. The van der Waals surface area contributed by atoms with E-state index in [1.165, 1.54) is 12.1 Å². The molecule has 1 heterocycles. The van der Waals surface area contributed by atoms with Crippen LogP contribution in [0.1, 0.15) is 21.6 Å². The normalized spacial score (nSPS) is 10.9. The summed E-state index contributed by atoms with van der Waals surface area (Å²) in [4.78, 5) is 15.4. The lowest BCUT2D eigenvalue weighted by molar-refractivity contribution is 0.0954. The number of H-pyrrole nitrogens is 1. The predicted molar refractivity (Wildman–Crippen MR) is 90.5 cm³/mol. The Morgan fingerprint density at radius 2 is 2.04 bits per heavy atom. The summed E-state index contributed by atoms with van der Waals surface area (Å²) >= 11 is 6.01. The Hall–Kier alpha value is -2.33. The molecule has 3 rings (SSSR count). The van der Waals surface area contributed by atoms with Gasteiger partial charge < -0.3 is 10.3 Å². The molecule has 5 heteroatoms. The number of fused-ring (bicyclic) bond motifs is 1. The fraction of sp³-hybridized carbons (Fsp3) is 0.167. The van der Waals surface area contributed by atoms with Crippen molar-refractivity contribution >= 4 is 28.4 Å². The number of benzene rings is 2. The van der Waals surface area contributed by atoms with Crippen LogP contribution in [-0.2, 0) is 6.42 Å². The van der Waals surface area contributed by atoms with Crippen molar-refractivity contribution < 1.29 is 9.18 Å². The van der Waals surface area contributed by atoms with Crippen molar-refractivity contribution in [1.29, 1.82) is 0 Å². The fourth-order valence-electron chi connectivity index (χ4n) is 2.72. The highest BCUT2D eigenvalue weighted by molar-refractivity contribution is 6.33. The molecule has 0 unspecified atom stereocenters. The Balaban J connectivity index is 1.72. The summed E-state index contributed by atoms with van der Waals surface area (Å²) in [7, 11) is 0. The van der Waals surface area contributed by atoms with Crippen molar-refractivity contribution in [2.75, 3.05) is 6.54 Å². The molecule has 3 nitrogen and oxygen atoms in total. The van der Waals surface area contributed by atoms with E-state index in [0.29, 0.717) is 23.6 Å². The highest BCUT2D eigenvalue weighted by atomic mass is 35.5. The number of nitrogens with one attached hydrogen (secondary N) is 2. The first-order valence-corrected chi connectivity index (χ1v) is 7.73. The molecule has 1 amide bonds. The lowest BCUT2D eigenvalue weighted by Gasteiger charge is -2.07. The molecule has 0 aliphatic rings. The van der Waals surface area contributed by atoms with Crippen LogP contribution in [0.15, 0.2) is 42.5 Å². The van der Waals surface area contributed by atoms with Gasteiger partial charge in [-0.05, 0) is 49.2 Å². The number of carbonyl (C=O) groups excluding carboxylic acids is 1. The van der Waals surface area contributed by atoms with Crippen molar-refractivity contribution in [3.8, 4) is 0 Å². The average molecular weight is 331 g/mol. The zero-order chi connectivity index (χ0) is 16.4. The molecule has 118 valence electrons. The van der Waals surface area contributed by atoms with Gasteiger partial charge in [0.15, 0.2) is 0 Å². The summed E-state index contributed by atoms with van der Waals surface area (Å²) in [5, 5.41) is 4.14. The number of rotatable bonds is 4. The molecule has 2 aromatic carbocycles. The molecule has 3 aromatic rings. The maximum absolute atomic E-state index is 13.4. The van der Waals surface area contributed by atoms with Gasteiger partial charge in [0, 0.05) is 23.1 Å². The van der Waals surface area contributed by atoms with Crippen LogP contribution in [0.3, 0.4) is 0 Å². The Labute approximate surface area is 138 Å². The Morgan fingerprint density at radius 3 is 2.83 bits per heavy atom. The van der Waals surface area contributed by atoms with Gasteiger partial charge in [-0.25, -0.2) is 4.39 Å². The molecule has 0 bridgehead atoms. The lowest BCUT2D eigenvalue weighted by atomic mass is 10.1. The molecule has 0 fully saturated rings. The van der Waals surface area contributed by atoms with E-state index in [0.717, 1.165) is 22.2 Å². The Morgan fingerprint density at radius 1 is 1.26 bits per heavy atom. The van der Waals surface area contributed by atoms with Crippen LogP contribution >= 0.6 is 11.6 Å². The quantitative estimate of drug-likeness (QED) is 0.738. The van der Waals surface area contributed by atoms with Gasteiger partial charge in [0.2, 0.25) is 0 Å². The third-order valence-corrected chi connectivity index (χ3v) is 4.19. The molecular formula is C18H16ClFN2O. The van der Waals surface area contributed by atoms with E-state index in [2.05, 4.69) is 10.3 Å². The number of halogens is 2. The molecule has 0 radical (unpaired) electrons. The van der Waals surface area contributed by atoms with E-state index in [9.17, 15) is 9.18 Å². The summed E-state index contributed by atoms with van der Waals surface area (Å²) in [6.45, 7) is 2.40. The van der Waals surface area contributed by atoms with Crippen LogP contribution < -0.4 is 5.32 Å². The largest absolute Gasteiger partial charge is 0.358 e. The third kappa shape index (κ3) is 3.22. The summed E-state index contributed by atoms with van der Waals surface area (Å²) in [5.41, 5.74) is 3.35. The van der Waals surface area contributed by atoms with Crippen LogP contribution in [0.2, 0.25) is 5.02 Å². The van der Waals surface area contributed by atoms with Crippen molar-refractivity contribution in [3.05, 3.63) is 70.1 Å². The topological polar surface area (TPSA) is 44.9 Å². The first-order chi connectivity index (χ1) is 11.1. The van der Waals surface area contributed by atoms with Gasteiger partial charge in [0.1, 0.15) is 5.82 Å². The van der Waals surface area contributed by atoms with Crippen molar-refractivity contribution in [3.63, 3.8) is 0 Å². The Bertz CT molecular complexity index is 873. The number of amides is 1. The number of aromatic amines is 1. The lowest BCUT2D eigenvalue weighted by Crippen LogP contribution is -2.26. The van der Waals surface area contributed by atoms with Gasteiger partial charge in [0.05, 0.1) is 10.6 Å². The fourth-order valence-corrected chi connectivity index (χ4v) is 2.94. The molecule has 0 aliphatic heterocycles. The molecule has 2 N–H and O–H groups in total. The number of aromatic nitrogens is 1. The summed E-state index contributed by atoms with van der Waals surface area (Å²) in [6, 6.07) is 11.6. The van der Waals surface area contributed by atoms with E-state index in [1.807, 2.05) is 6.92 Å². The van der Waals surface area contributed by atoms with Crippen LogP contribution in [0, 0.1) is 12.7 Å².